The van der Waals surface area contributed by atoms with E-state index in [0.717, 1.165) is 5.69 Å². The highest BCUT2D eigenvalue weighted by Crippen LogP contribution is 2.16. The Morgan fingerprint density at radius 2 is 1.75 bits per heavy atom. The molecule has 7 nitrogen and oxygen atoms in total. The fourth-order valence-corrected chi connectivity index (χ4v) is 3.08. The first-order valence-corrected chi connectivity index (χ1v) is 9.69. The number of hydrogen-bond donors (Lipinski definition) is 3. The second kappa shape index (κ2) is 9.65. The molecule has 0 atom stereocenters. The molecule has 0 spiro atoms. The van der Waals surface area contributed by atoms with Crippen LogP contribution in [-0.2, 0) is 10.5 Å². The third-order valence-corrected chi connectivity index (χ3v) is 4.52. The fraction of sp³-hybridized carbons (Fsp3) is 0.158. The van der Waals surface area contributed by atoms with Gasteiger partial charge in [-0.25, -0.2) is 4.39 Å². The normalized spacial score (nSPS) is 10.5. The number of anilines is 4. The predicted octanol–water partition coefficient (Wildman–Crippen LogP) is 3.60. The number of benzene rings is 2. The SMILES string of the molecule is Nc1nc(CSCCC(=O)Nc2ccccc2)nc(Nc2ccc(F)cc2)n1. The maximum absolute atomic E-state index is 13.0. The molecule has 0 aliphatic carbocycles. The highest BCUT2D eigenvalue weighted by atomic mass is 32.2. The van der Waals surface area contributed by atoms with Crippen LogP contribution >= 0.6 is 11.8 Å². The summed E-state index contributed by atoms with van der Waals surface area (Å²) in [6.45, 7) is 0. The van der Waals surface area contributed by atoms with Gasteiger partial charge >= 0.3 is 0 Å². The van der Waals surface area contributed by atoms with Gasteiger partial charge in [0.25, 0.3) is 0 Å². The Hall–Kier alpha value is -3.20. The number of nitrogens with one attached hydrogen (secondary N) is 2. The predicted molar refractivity (Wildman–Crippen MR) is 110 cm³/mol. The number of amides is 1. The summed E-state index contributed by atoms with van der Waals surface area (Å²) in [5.74, 6) is 1.62. The molecule has 0 aliphatic rings. The molecule has 1 aromatic heterocycles. The van der Waals surface area contributed by atoms with Crippen LogP contribution in [0.15, 0.2) is 54.6 Å². The zero-order valence-corrected chi connectivity index (χ0v) is 15.7. The van der Waals surface area contributed by atoms with E-state index in [0.29, 0.717) is 29.4 Å². The summed E-state index contributed by atoms with van der Waals surface area (Å²) in [5, 5.41) is 5.81. The number of nitrogens with zero attached hydrogens (tertiary/aromatic N) is 3. The van der Waals surface area contributed by atoms with Crippen molar-refractivity contribution in [3.05, 3.63) is 66.2 Å². The fourth-order valence-electron chi connectivity index (χ4n) is 2.29. The number of nitrogen functional groups attached to an aromatic ring is 1. The first-order chi connectivity index (χ1) is 13.6. The van der Waals surface area contributed by atoms with Crippen LogP contribution in [0.3, 0.4) is 0 Å². The lowest BCUT2D eigenvalue weighted by Gasteiger charge is -2.08. The highest BCUT2D eigenvalue weighted by molar-refractivity contribution is 7.98. The van der Waals surface area contributed by atoms with Gasteiger partial charge in [0.05, 0.1) is 5.75 Å². The second-order valence-electron chi connectivity index (χ2n) is 5.78. The number of halogens is 1. The minimum Gasteiger partial charge on any atom is -0.368 e. The Balaban J connectivity index is 1.48. The van der Waals surface area contributed by atoms with E-state index in [9.17, 15) is 9.18 Å². The summed E-state index contributed by atoms with van der Waals surface area (Å²) in [7, 11) is 0. The van der Waals surface area contributed by atoms with E-state index in [2.05, 4.69) is 25.6 Å². The minimum atomic E-state index is -0.325. The molecule has 1 amide bonds. The van der Waals surface area contributed by atoms with Crippen molar-refractivity contribution >= 4 is 40.9 Å². The third kappa shape index (κ3) is 6.20. The summed E-state index contributed by atoms with van der Waals surface area (Å²) in [6.07, 6.45) is 0.376. The summed E-state index contributed by atoms with van der Waals surface area (Å²) < 4.78 is 13.0. The molecule has 0 unspecified atom stereocenters. The van der Waals surface area contributed by atoms with E-state index in [1.165, 1.54) is 23.9 Å². The first-order valence-electron chi connectivity index (χ1n) is 8.54. The molecule has 0 saturated carbocycles. The molecule has 1 heterocycles. The van der Waals surface area contributed by atoms with E-state index < -0.39 is 0 Å². The number of hydrogen-bond acceptors (Lipinski definition) is 7. The lowest BCUT2D eigenvalue weighted by atomic mass is 10.3. The molecular weight excluding hydrogens is 379 g/mol. The number of carbonyl (C=O) groups is 1. The first kappa shape index (κ1) is 19.6. The van der Waals surface area contributed by atoms with Gasteiger partial charge in [-0.15, -0.1) is 0 Å². The molecule has 3 aromatic rings. The van der Waals surface area contributed by atoms with Crippen LogP contribution in [0, 0.1) is 5.82 Å². The molecule has 0 aliphatic heterocycles. The van der Waals surface area contributed by atoms with E-state index in [1.54, 1.807) is 12.1 Å². The summed E-state index contributed by atoms with van der Waals surface area (Å²) in [4.78, 5) is 24.4. The van der Waals surface area contributed by atoms with Crippen molar-refractivity contribution in [1.82, 2.24) is 15.0 Å². The number of carbonyl (C=O) groups excluding carboxylic acids is 1. The smallest absolute Gasteiger partial charge is 0.232 e. The van der Waals surface area contributed by atoms with E-state index in [1.807, 2.05) is 30.3 Å². The largest absolute Gasteiger partial charge is 0.368 e. The van der Waals surface area contributed by atoms with Crippen LogP contribution in [0.5, 0.6) is 0 Å². The van der Waals surface area contributed by atoms with Gasteiger partial charge in [-0.05, 0) is 36.4 Å². The molecule has 2 aromatic carbocycles. The summed E-state index contributed by atoms with van der Waals surface area (Å²) >= 11 is 1.52. The van der Waals surface area contributed by atoms with Crippen LogP contribution in [0.1, 0.15) is 12.2 Å². The second-order valence-corrected chi connectivity index (χ2v) is 6.89. The Bertz CT molecular complexity index is 923. The van der Waals surface area contributed by atoms with Gasteiger partial charge in [-0.2, -0.15) is 26.7 Å². The number of aromatic nitrogens is 3. The summed E-state index contributed by atoms with van der Waals surface area (Å²) in [6, 6.07) is 15.1. The topological polar surface area (TPSA) is 106 Å². The Labute approximate surface area is 166 Å². The number of nitrogens with two attached hydrogens (primary N) is 1. The lowest BCUT2D eigenvalue weighted by molar-refractivity contribution is -0.115. The molecular formula is C19H19FN6OS. The zero-order chi connectivity index (χ0) is 19.8. The van der Waals surface area contributed by atoms with Crippen LogP contribution in [0.2, 0.25) is 0 Å². The van der Waals surface area contributed by atoms with E-state index in [-0.39, 0.29) is 23.6 Å². The Morgan fingerprint density at radius 1 is 1.00 bits per heavy atom. The lowest BCUT2D eigenvalue weighted by Crippen LogP contribution is -2.12. The van der Waals surface area contributed by atoms with Crippen LogP contribution in [0.4, 0.5) is 27.7 Å². The van der Waals surface area contributed by atoms with E-state index >= 15 is 0 Å². The van der Waals surface area contributed by atoms with Crippen molar-refractivity contribution in [3.8, 4) is 0 Å². The third-order valence-electron chi connectivity index (χ3n) is 3.56. The van der Waals surface area contributed by atoms with Gasteiger partial charge in [0, 0.05) is 23.5 Å². The molecule has 3 rings (SSSR count). The van der Waals surface area contributed by atoms with Crippen molar-refractivity contribution < 1.29 is 9.18 Å². The van der Waals surface area contributed by atoms with Gasteiger partial charge < -0.3 is 16.4 Å². The standard InChI is InChI=1S/C19H19FN6OS/c20-13-6-8-15(9-7-13)23-19-25-16(24-18(21)26-19)12-28-11-10-17(27)22-14-4-2-1-3-5-14/h1-9H,10-12H2,(H,22,27)(H3,21,23,24,25,26). The quantitative estimate of drug-likeness (QED) is 0.498. The van der Waals surface area contributed by atoms with Gasteiger partial charge in [0.2, 0.25) is 17.8 Å². The Kier molecular flexibility index (Phi) is 6.74. The van der Waals surface area contributed by atoms with E-state index in [4.69, 9.17) is 5.73 Å². The molecule has 4 N–H and O–H groups in total. The Morgan fingerprint density at radius 3 is 2.50 bits per heavy atom. The van der Waals surface area contributed by atoms with Crippen molar-refractivity contribution in [2.45, 2.75) is 12.2 Å². The van der Waals surface area contributed by atoms with Crippen molar-refractivity contribution in [2.75, 3.05) is 22.1 Å². The van der Waals surface area contributed by atoms with Gasteiger partial charge in [0.1, 0.15) is 11.6 Å². The number of thioether (sulfide) groups is 1. The van der Waals surface area contributed by atoms with Crippen molar-refractivity contribution in [1.29, 1.82) is 0 Å². The molecule has 0 saturated heterocycles. The monoisotopic (exact) mass is 398 g/mol. The minimum absolute atomic E-state index is 0.0486. The van der Waals surface area contributed by atoms with Crippen molar-refractivity contribution in [3.63, 3.8) is 0 Å². The summed E-state index contributed by atoms with van der Waals surface area (Å²) in [5.41, 5.74) is 7.16. The molecule has 0 bridgehead atoms. The number of para-hydroxylation sites is 1. The molecule has 0 fully saturated rings. The van der Waals surface area contributed by atoms with Crippen molar-refractivity contribution in [2.24, 2.45) is 0 Å². The van der Waals surface area contributed by atoms with Crippen LogP contribution in [0.25, 0.3) is 0 Å². The molecule has 28 heavy (non-hydrogen) atoms. The molecule has 9 heteroatoms. The number of rotatable bonds is 8. The van der Waals surface area contributed by atoms with Crippen LogP contribution < -0.4 is 16.4 Å². The van der Waals surface area contributed by atoms with Gasteiger partial charge in [0.15, 0.2) is 0 Å². The maximum atomic E-state index is 13.0. The highest BCUT2D eigenvalue weighted by Gasteiger charge is 2.07. The zero-order valence-electron chi connectivity index (χ0n) is 14.9. The average Bonchev–Trinajstić information content (AvgIpc) is 2.67. The molecule has 144 valence electrons. The van der Waals surface area contributed by atoms with Gasteiger partial charge in [-0.1, -0.05) is 18.2 Å². The van der Waals surface area contributed by atoms with Crippen LogP contribution in [-0.4, -0.2) is 26.6 Å². The average molecular weight is 398 g/mol. The maximum Gasteiger partial charge on any atom is 0.232 e. The van der Waals surface area contributed by atoms with Gasteiger partial charge in [-0.3, -0.25) is 4.79 Å². The molecule has 0 radical (unpaired) electrons.